The standard InChI is InChI=1S/C23H24N4O4/c24-12-6-11-19(21(25)28)26-22(29)20-13-17-9-4-5-10-18(17)14-27(20)23(30)31-15-16-7-2-1-3-8-16/h1-5,7-10,19-20H,6,11,13-15H2,(H2,25,28)(H,26,29)/t19-,20+/m1/s1. The summed E-state index contributed by atoms with van der Waals surface area (Å²) in [6.07, 6.45) is -0.151. The lowest BCUT2D eigenvalue weighted by Crippen LogP contribution is -2.56. The molecule has 1 heterocycles. The molecule has 3 N–H and O–H groups in total. The van der Waals surface area contributed by atoms with Crippen molar-refractivity contribution in [2.75, 3.05) is 0 Å². The van der Waals surface area contributed by atoms with E-state index in [2.05, 4.69) is 5.32 Å². The van der Waals surface area contributed by atoms with Crippen molar-refractivity contribution in [1.29, 1.82) is 5.26 Å². The van der Waals surface area contributed by atoms with Crippen LogP contribution in [0, 0.1) is 11.3 Å². The van der Waals surface area contributed by atoms with Crippen LogP contribution in [0.4, 0.5) is 4.79 Å². The Morgan fingerprint density at radius 1 is 1.13 bits per heavy atom. The third-order valence-electron chi connectivity index (χ3n) is 5.20. The summed E-state index contributed by atoms with van der Waals surface area (Å²) < 4.78 is 5.45. The zero-order valence-electron chi connectivity index (χ0n) is 17.0. The van der Waals surface area contributed by atoms with Crippen molar-refractivity contribution in [3.05, 3.63) is 71.3 Å². The first kappa shape index (κ1) is 21.8. The number of ether oxygens (including phenoxy) is 1. The highest BCUT2D eigenvalue weighted by Crippen LogP contribution is 2.24. The predicted molar refractivity (Wildman–Crippen MR) is 112 cm³/mol. The molecule has 2 aromatic rings. The number of hydrogen-bond acceptors (Lipinski definition) is 5. The average molecular weight is 420 g/mol. The second-order valence-corrected chi connectivity index (χ2v) is 7.32. The number of carbonyl (C=O) groups is 3. The lowest BCUT2D eigenvalue weighted by molar-refractivity contribution is -0.131. The van der Waals surface area contributed by atoms with E-state index in [1.54, 1.807) is 0 Å². The third kappa shape index (κ3) is 5.60. The summed E-state index contributed by atoms with van der Waals surface area (Å²) in [5, 5.41) is 11.4. The van der Waals surface area contributed by atoms with E-state index >= 15 is 0 Å². The molecule has 3 amide bonds. The van der Waals surface area contributed by atoms with Crippen LogP contribution < -0.4 is 11.1 Å². The van der Waals surface area contributed by atoms with Gasteiger partial charge in [0.2, 0.25) is 11.8 Å². The first-order valence-corrected chi connectivity index (χ1v) is 10.0. The fourth-order valence-electron chi connectivity index (χ4n) is 3.51. The largest absolute Gasteiger partial charge is 0.445 e. The molecule has 8 heteroatoms. The number of hydrogen-bond donors (Lipinski definition) is 2. The molecule has 0 spiro atoms. The molecule has 3 rings (SSSR count). The minimum Gasteiger partial charge on any atom is -0.445 e. The topological polar surface area (TPSA) is 126 Å². The van der Waals surface area contributed by atoms with Gasteiger partial charge in [0.25, 0.3) is 0 Å². The van der Waals surface area contributed by atoms with Crippen LogP contribution in [0.1, 0.15) is 29.5 Å². The number of benzene rings is 2. The number of amides is 3. The summed E-state index contributed by atoms with van der Waals surface area (Å²) in [6, 6.07) is 16.9. The Morgan fingerprint density at radius 2 is 1.81 bits per heavy atom. The number of nitrogens with zero attached hydrogens (tertiary/aromatic N) is 2. The molecule has 0 saturated heterocycles. The van der Waals surface area contributed by atoms with Gasteiger partial charge in [0, 0.05) is 12.8 Å². The van der Waals surface area contributed by atoms with Crippen LogP contribution in [-0.4, -0.2) is 34.9 Å². The number of nitriles is 1. The molecule has 0 aliphatic carbocycles. The smallest absolute Gasteiger partial charge is 0.411 e. The highest BCUT2D eigenvalue weighted by Gasteiger charge is 2.36. The van der Waals surface area contributed by atoms with Crippen molar-refractivity contribution >= 4 is 17.9 Å². The highest BCUT2D eigenvalue weighted by atomic mass is 16.6. The maximum Gasteiger partial charge on any atom is 0.411 e. The van der Waals surface area contributed by atoms with Crippen molar-refractivity contribution < 1.29 is 19.1 Å². The molecule has 31 heavy (non-hydrogen) atoms. The average Bonchev–Trinajstić information content (AvgIpc) is 2.79. The normalized spacial score (nSPS) is 15.8. The van der Waals surface area contributed by atoms with Crippen LogP contribution in [0.5, 0.6) is 0 Å². The van der Waals surface area contributed by atoms with E-state index in [4.69, 9.17) is 15.7 Å². The van der Waals surface area contributed by atoms with E-state index in [9.17, 15) is 14.4 Å². The summed E-state index contributed by atoms with van der Waals surface area (Å²) in [4.78, 5) is 39.0. The van der Waals surface area contributed by atoms with E-state index in [0.717, 1.165) is 16.7 Å². The minimum atomic E-state index is -0.980. The minimum absolute atomic E-state index is 0.0736. The zero-order chi connectivity index (χ0) is 22.2. The lowest BCUT2D eigenvalue weighted by atomic mass is 9.93. The first-order chi connectivity index (χ1) is 15.0. The van der Waals surface area contributed by atoms with Gasteiger partial charge in [-0.05, 0) is 23.1 Å². The van der Waals surface area contributed by atoms with Gasteiger partial charge in [-0.25, -0.2) is 4.79 Å². The fourth-order valence-corrected chi connectivity index (χ4v) is 3.51. The van der Waals surface area contributed by atoms with Crippen LogP contribution in [0.15, 0.2) is 54.6 Å². The van der Waals surface area contributed by atoms with Crippen molar-refractivity contribution in [3.8, 4) is 6.07 Å². The molecule has 0 radical (unpaired) electrons. The lowest BCUT2D eigenvalue weighted by Gasteiger charge is -2.35. The molecule has 2 aromatic carbocycles. The Balaban J connectivity index is 1.77. The first-order valence-electron chi connectivity index (χ1n) is 10.0. The molecule has 1 aliphatic heterocycles. The van der Waals surface area contributed by atoms with E-state index in [-0.39, 0.29) is 32.4 Å². The van der Waals surface area contributed by atoms with Gasteiger partial charge in [-0.2, -0.15) is 5.26 Å². The van der Waals surface area contributed by atoms with Crippen LogP contribution in [0.3, 0.4) is 0 Å². The van der Waals surface area contributed by atoms with Gasteiger partial charge in [-0.1, -0.05) is 54.6 Å². The van der Waals surface area contributed by atoms with E-state index in [0.29, 0.717) is 0 Å². The molecule has 0 bridgehead atoms. The summed E-state index contributed by atoms with van der Waals surface area (Å²) in [7, 11) is 0. The van der Waals surface area contributed by atoms with E-state index in [1.165, 1.54) is 4.90 Å². The Labute approximate surface area is 180 Å². The SMILES string of the molecule is N#CCC[C@@H](NC(=O)[C@@H]1Cc2ccccc2CN1C(=O)OCc1ccccc1)C(N)=O. The molecule has 1 aliphatic rings. The quantitative estimate of drug-likeness (QED) is 0.709. The van der Waals surface area contributed by atoms with Gasteiger partial charge < -0.3 is 15.8 Å². The molecule has 0 saturated carbocycles. The van der Waals surface area contributed by atoms with Gasteiger partial charge in [0.15, 0.2) is 0 Å². The molecule has 8 nitrogen and oxygen atoms in total. The van der Waals surface area contributed by atoms with Gasteiger partial charge in [0.1, 0.15) is 18.7 Å². The molecule has 0 unspecified atom stereocenters. The Bertz CT molecular complexity index is 987. The van der Waals surface area contributed by atoms with Crippen LogP contribution in [0.25, 0.3) is 0 Å². The monoisotopic (exact) mass is 420 g/mol. The van der Waals surface area contributed by atoms with Gasteiger partial charge in [0.05, 0.1) is 12.6 Å². The summed E-state index contributed by atoms with van der Waals surface area (Å²) in [6.45, 7) is 0.291. The number of rotatable bonds is 7. The highest BCUT2D eigenvalue weighted by molar-refractivity contribution is 5.91. The molecule has 160 valence electrons. The number of fused-ring (bicyclic) bond motifs is 1. The van der Waals surface area contributed by atoms with Crippen molar-refractivity contribution in [3.63, 3.8) is 0 Å². The van der Waals surface area contributed by atoms with E-state index in [1.807, 2.05) is 60.7 Å². The van der Waals surface area contributed by atoms with Crippen molar-refractivity contribution in [1.82, 2.24) is 10.2 Å². The molecule has 0 fully saturated rings. The number of nitrogens with one attached hydrogen (secondary N) is 1. The van der Waals surface area contributed by atoms with Crippen LogP contribution in [0.2, 0.25) is 0 Å². The number of nitrogens with two attached hydrogens (primary N) is 1. The van der Waals surface area contributed by atoms with Gasteiger partial charge in [-0.3, -0.25) is 14.5 Å². The summed E-state index contributed by atoms with van der Waals surface area (Å²) in [5.74, 6) is -1.23. The summed E-state index contributed by atoms with van der Waals surface area (Å²) in [5.41, 5.74) is 8.08. The Hall–Kier alpha value is -3.86. The van der Waals surface area contributed by atoms with Crippen LogP contribution >= 0.6 is 0 Å². The zero-order valence-corrected chi connectivity index (χ0v) is 17.0. The predicted octanol–water partition coefficient (Wildman–Crippen LogP) is 2.02. The van der Waals surface area contributed by atoms with Crippen molar-refractivity contribution in [2.24, 2.45) is 5.73 Å². The Morgan fingerprint density at radius 3 is 2.48 bits per heavy atom. The number of primary amides is 1. The second kappa shape index (κ2) is 10.3. The second-order valence-electron chi connectivity index (χ2n) is 7.32. The van der Waals surface area contributed by atoms with Crippen molar-refractivity contribution in [2.45, 2.75) is 44.5 Å². The van der Waals surface area contributed by atoms with Gasteiger partial charge in [-0.15, -0.1) is 0 Å². The van der Waals surface area contributed by atoms with Crippen LogP contribution in [-0.2, 0) is 33.9 Å². The molecular weight excluding hydrogens is 396 g/mol. The number of carbonyl (C=O) groups excluding carboxylic acids is 3. The Kier molecular flexibility index (Phi) is 7.22. The maximum atomic E-state index is 13.0. The maximum absolute atomic E-state index is 13.0. The van der Waals surface area contributed by atoms with E-state index < -0.39 is 30.0 Å². The molecule has 0 aromatic heterocycles. The third-order valence-corrected chi connectivity index (χ3v) is 5.20. The molecule has 2 atom stereocenters. The fraction of sp³-hybridized carbons (Fsp3) is 0.304. The summed E-state index contributed by atoms with van der Waals surface area (Å²) >= 11 is 0. The van der Waals surface area contributed by atoms with Gasteiger partial charge >= 0.3 is 6.09 Å². The molecular formula is C23H24N4O4.